The third-order valence-electron chi connectivity index (χ3n) is 2.65. The number of pyridine rings is 1. The molecule has 20 heavy (non-hydrogen) atoms. The molecule has 0 bridgehead atoms. The molecule has 1 aromatic carbocycles. The van der Waals surface area contributed by atoms with Crippen LogP contribution in [0.25, 0.3) is 11.1 Å². The van der Waals surface area contributed by atoms with Gasteiger partial charge in [0.15, 0.2) is 0 Å². The molecule has 0 fully saturated rings. The zero-order valence-corrected chi connectivity index (χ0v) is 12.1. The largest absolute Gasteiger partial charge is 0.481 e. The fraction of sp³-hybridized carbons (Fsp3) is 0.0769. The van der Waals surface area contributed by atoms with Crippen LogP contribution >= 0.6 is 34.8 Å². The fourth-order valence-corrected chi connectivity index (χ4v) is 2.51. The summed E-state index contributed by atoms with van der Waals surface area (Å²) in [5.74, 6) is -1.91. The number of carboxylic acid groups (broad SMARTS) is 1. The first-order chi connectivity index (χ1) is 9.41. The maximum Gasteiger partial charge on any atom is 0.307 e. The van der Waals surface area contributed by atoms with Crippen LogP contribution in [0.2, 0.25) is 15.1 Å². The SMILES string of the molecule is O=C(O)Cc1c(F)cncc1-c1c(Cl)ccc(Cl)c1Cl. The van der Waals surface area contributed by atoms with Gasteiger partial charge in [-0.25, -0.2) is 4.39 Å². The van der Waals surface area contributed by atoms with Crippen molar-refractivity contribution in [2.24, 2.45) is 0 Å². The molecule has 0 amide bonds. The molecule has 0 aliphatic carbocycles. The molecule has 2 rings (SSSR count). The Balaban J connectivity index is 2.73. The van der Waals surface area contributed by atoms with Gasteiger partial charge in [-0.15, -0.1) is 0 Å². The van der Waals surface area contributed by atoms with Gasteiger partial charge in [-0.05, 0) is 12.1 Å². The lowest BCUT2D eigenvalue weighted by molar-refractivity contribution is -0.136. The Morgan fingerprint density at radius 1 is 1.20 bits per heavy atom. The number of hydrogen-bond donors (Lipinski definition) is 1. The molecule has 0 aliphatic heterocycles. The molecule has 7 heteroatoms. The summed E-state index contributed by atoms with van der Waals surface area (Å²) in [6.07, 6.45) is 1.74. The molecule has 0 saturated carbocycles. The molecule has 0 aliphatic rings. The third kappa shape index (κ3) is 2.87. The number of aliphatic carboxylic acids is 1. The Kier molecular flexibility index (Phi) is 4.48. The summed E-state index contributed by atoms with van der Waals surface area (Å²) in [4.78, 5) is 14.6. The monoisotopic (exact) mass is 333 g/mol. The highest BCUT2D eigenvalue weighted by atomic mass is 35.5. The van der Waals surface area contributed by atoms with E-state index in [2.05, 4.69) is 4.98 Å². The lowest BCUT2D eigenvalue weighted by Gasteiger charge is -2.12. The highest BCUT2D eigenvalue weighted by molar-refractivity contribution is 6.46. The van der Waals surface area contributed by atoms with Crippen LogP contribution in [0.4, 0.5) is 4.39 Å². The average Bonchev–Trinajstić information content (AvgIpc) is 2.38. The summed E-state index contributed by atoms with van der Waals surface area (Å²) in [7, 11) is 0. The third-order valence-corrected chi connectivity index (χ3v) is 3.77. The molecule has 2 aromatic rings. The van der Waals surface area contributed by atoms with Crippen LogP contribution in [-0.4, -0.2) is 16.1 Å². The first kappa shape index (κ1) is 15.0. The van der Waals surface area contributed by atoms with E-state index in [-0.39, 0.29) is 31.8 Å². The fourth-order valence-electron chi connectivity index (χ4n) is 1.78. The molecular formula is C13H7Cl3FNO2. The van der Waals surface area contributed by atoms with Crippen molar-refractivity contribution in [1.29, 1.82) is 0 Å². The van der Waals surface area contributed by atoms with Gasteiger partial charge < -0.3 is 5.11 Å². The molecule has 0 atom stereocenters. The predicted molar refractivity (Wildman–Crippen MR) is 76.0 cm³/mol. The molecule has 0 saturated heterocycles. The highest BCUT2D eigenvalue weighted by Gasteiger charge is 2.19. The molecule has 3 nitrogen and oxygen atoms in total. The first-order valence-corrected chi connectivity index (χ1v) is 6.53. The highest BCUT2D eigenvalue weighted by Crippen LogP contribution is 2.40. The number of carbonyl (C=O) groups is 1. The van der Waals surface area contributed by atoms with Crippen molar-refractivity contribution in [2.45, 2.75) is 6.42 Å². The Bertz CT molecular complexity index is 692. The van der Waals surface area contributed by atoms with E-state index in [1.54, 1.807) is 0 Å². The Morgan fingerprint density at radius 3 is 2.50 bits per heavy atom. The van der Waals surface area contributed by atoms with Crippen molar-refractivity contribution in [2.75, 3.05) is 0 Å². The summed E-state index contributed by atoms with van der Waals surface area (Å²) in [5, 5.41) is 9.47. The maximum absolute atomic E-state index is 13.8. The topological polar surface area (TPSA) is 50.2 Å². The number of carboxylic acids is 1. The van der Waals surface area contributed by atoms with E-state index in [1.807, 2.05) is 0 Å². The Morgan fingerprint density at radius 2 is 1.85 bits per heavy atom. The molecule has 0 radical (unpaired) electrons. The summed E-state index contributed by atoms with van der Waals surface area (Å²) < 4.78 is 13.8. The van der Waals surface area contributed by atoms with Gasteiger partial charge in [-0.3, -0.25) is 9.78 Å². The molecule has 1 aromatic heterocycles. The van der Waals surface area contributed by atoms with Crippen LogP contribution in [0.3, 0.4) is 0 Å². The summed E-state index contributed by atoms with van der Waals surface area (Å²) in [6, 6.07) is 3.00. The number of rotatable bonds is 3. The van der Waals surface area contributed by atoms with Crippen molar-refractivity contribution < 1.29 is 14.3 Å². The van der Waals surface area contributed by atoms with Crippen LogP contribution in [-0.2, 0) is 11.2 Å². The van der Waals surface area contributed by atoms with Crippen LogP contribution in [0.15, 0.2) is 24.5 Å². The number of halogens is 4. The van der Waals surface area contributed by atoms with E-state index < -0.39 is 18.2 Å². The van der Waals surface area contributed by atoms with Gasteiger partial charge in [0.05, 0.1) is 27.7 Å². The van der Waals surface area contributed by atoms with Gasteiger partial charge in [0, 0.05) is 22.9 Å². The zero-order valence-electron chi connectivity index (χ0n) is 9.83. The van der Waals surface area contributed by atoms with Crippen LogP contribution in [0.1, 0.15) is 5.56 Å². The number of aromatic nitrogens is 1. The minimum absolute atomic E-state index is 0.0430. The zero-order chi connectivity index (χ0) is 14.9. The minimum Gasteiger partial charge on any atom is -0.481 e. The van der Waals surface area contributed by atoms with E-state index in [0.29, 0.717) is 0 Å². The van der Waals surface area contributed by atoms with E-state index in [0.717, 1.165) is 6.20 Å². The predicted octanol–water partition coefficient (Wildman–Crippen LogP) is 4.48. The van der Waals surface area contributed by atoms with Crippen LogP contribution in [0, 0.1) is 5.82 Å². The van der Waals surface area contributed by atoms with Gasteiger partial charge >= 0.3 is 5.97 Å². The first-order valence-electron chi connectivity index (χ1n) is 5.40. The second kappa shape index (κ2) is 5.95. The van der Waals surface area contributed by atoms with E-state index >= 15 is 0 Å². The smallest absolute Gasteiger partial charge is 0.307 e. The second-order valence-corrected chi connectivity index (χ2v) is 5.13. The van der Waals surface area contributed by atoms with Crippen molar-refractivity contribution in [3.63, 3.8) is 0 Å². The van der Waals surface area contributed by atoms with Gasteiger partial charge in [0.2, 0.25) is 0 Å². The number of benzene rings is 1. The maximum atomic E-state index is 13.8. The van der Waals surface area contributed by atoms with Crippen molar-refractivity contribution >= 4 is 40.8 Å². The normalized spacial score (nSPS) is 10.6. The van der Waals surface area contributed by atoms with E-state index in [4.69, 9.17) is 39.9 Å². The summed E-state index contributed by atoms with van der Waals surface area (Å²) in [5.41, 5.74) is 0.438. The van der Waals surface area contributed by atoms with Gasteiger partial charge in [0.1, 0.15) is 5.82 Å². The Hall–Kier alpha value is -1.36. The average molecular weight is 335 g/mol. The van der Waals surface area contributed by atoms with E-state index in [9.17, 15) is 9.18 Å². The van der Waals surface area contributed by atoms with Crippen LogP contribution in [0.5, 0.6) is 0 Å². The molecule has 0 unspecified atom stereocenters. The molecule has 0 spiro atoms. The standard InChI is InChI=1S/C13H7Cl3FNO2/c14-8-1-2-9(15)13(16)12(8)7-4-18-5-10(17)6(7)3-11(19)20/h1-2,4-5H,3H2,(H,19,20). The molecular weight excluding hydrogens is 328 g/mol. The van der Waals surface area contributed by atoms with Crippen molar-refractivity contribution in [3.8, 4) is 11.1 Å². The lowest BCUT2D eigenvalue weighted by atomic mass is 9.99. The molecule has 1 N–H and O–H groups in total. The lowest BCUT2D eigenvalue weighted by Crippen LogP contribution is -2.05. The molecule has 104 valence electrons. The second-order valence-electron chi connectivity index (χ2n) is 3.94. The van der Waals surface area contributed by atoms with E-state index in [1.165, 1.54) is 18.3 Å². The number of nitrogens with zero attached hydrogens (tertiary/aromatic N) is 1. The van der Waals surface area contributed by atoms with Crippen LogP contribution < -0.4 is 0 Å². The summed E-state index contributed by atoms with van der Waals surface area (Å²) >= 11 is 18.0. The molecule has 1 heterocycles. The van der Waals surface area contributed by atoms with Gasteiger partial charge in [-0.1, -0.05) is 34.8 Å². The number of hydrogen-bond acceptors (Lipinski definition) is 2. The van der Waals surface area contributed by atoms with Crippen molar-refractivity contribution in [3.05, 3.63) is 51.0 Å². The summed E-state index contributed by atoms with van der Waals surface area (Å²) in [6.45, 7) is 0. The minimum atomic E-state index is -1.18. The van der Waals surface area contributed by atoms with Crippen molar-refractivity contribution in [1.82, 2.24) is 4.98 Å². The van der Waals surface area contributed by atoms with Gasteiger partial charge in [0.25, 0.3) is 0 Å². The Labute approximate surface area is 128 Å². The van der Waals surface area contributed by atoms with Gasteiger partial charge in [-0.2, -0.15) is 0 Å². The quantitative estimate of drug-likeness (QED) is 0.842.